The molecule has 0 radical (unpaired) electrons. The SMILES string of the molecule is O=S(=O)(Cl)CCc1cncc(Cl)n1. The molecule has 0 aromatic carbocycles. The van der Waals surface area contributed by atoms with Gasteiger partial charge in [-0.3, -0.25) is 4.98 Å². The lowest BCUT2D eigenvalue weighted by atomic mass is 10.4. The van der Waals surface area contributed by atoms with Crippen molar-refractivity contribution in [1.29, 1.82) is 0 Å². The van der Waals surface area contributed by atoms with E-state index in [1.165, 1.54) is 12.4 Å². The van der Waals surface area contributed by atoms with Crippen LogP contribution in [0.4, 0.5) is 0 Å². The predicted molar refractivity (Wildman–Crippen MR) is 50.4 cm³/mol. The average molecular weight is 241 g/mol. The van der Waals surface area contributed by atoms with Gasteiger partial charge in [0.05, 0.1) is 17.6 Å². The van der Waals surface area contributed by atoms with Crippen molar-refractivity contribution in [3.8, 4) is 0 Å². The molecule has 0 aliphatic carbocycles. The van der Waals surface area contributed by atoms with Crippen LogP contribution in [-0.2, 0) is 15.5 Å². The fourth-order valence-electron chi connectivity index (χ4n) is 0.727. The van der Waals surface area contributed by atoms with Gasteiger partial charge in [-0.25, -0.2) is 13.4 Å². The molecule has 0 saturated carbocycles. The van der Waals surface area contributed by atoms with Gasteiger partial charge in [0.2, 0.25) is 9.05 Å². The van der Waals surface area contributed by atoms with E-state index >= 15 is 0 Å². The number of halogens is 2. The maximum absolute atomic E-state index is 10.6. The third kappa shape index (κ3) is 4.40. The number of rotatable bonds is 3. The lowest BCUT2D eigenvalue weighted by Crippen LogP contribution is -2.03. The molecule has 0 atom stereocenters. The van der Waals surface area contributed by atoms with Crippen LogP contribution in [0.2, 0.25) is 5.15 Å². The number of hydrogen-bond donors (Lipinski definition) is 0. The Balaban J connectivity index is 2.65. The van der Waals surface area contributed by atoms with Gasteiger partial charge in [-0.05, 0) is 0 Å². The summed E-state index contributed by atoms with van der Waals surface area (Å²) in [5.74, 6) is -0.163. The Hall–Kier alpha value is -0.390. The summed E-state index contributed by atoms with van der Waals surface area (Å²) in [7, 11) is 1.54. The topological polar surface area (TPSA) is 59.9 Å². The van der Waals surface area contributed by atoms with E-state index in [1.54, 1.807) is 0 Å². The van der Waals surface area contributed by atoms with E-state index in [0.717, 1.165) is 0 Å². The Morgan fingerprint density at radius 2 is 2.08 bits per heavy atom. The number of aromatic nitrogens is 2. The number of aryl methyl sites for hydroxylation is 1. The Morgan fingerprint density at radius 1 is 1.38 bits per heavy atom. The van der Waals surface area contributed by atoms with Crippen LogP contribution in [0.5, 0.6) is 0 Å². The molecule has 1 aromatic rings. The quantitative estimate of drug-likeness (QED) is 0.747. The summed E-state index contributed by atoms with van der Waals surface area (Å²) in [6.45, 7) is 0. The molecule has 0 saturated heterocycles. The molecule has 1 heterocycles. The molecule has 0 spiro atoms. The van der Waals surface area contributed by atoms with E-state index in [4.69, 9.17) is 22.3 Å². The van der Waals surface area contributed by atoms with E-state index in [-0.39, 0.29) is 17.3 Å². The first-order chi connectivity index (χ1) is 5.97. The van der Waals surface area contributed by atoms with Crippen LogP contribution >= 0.6 is 22.3 Å². The molecule has 7 heteroatoms. The molecule has 72 valence electrons. The van der Waals surface area contributed by atoms with Crippen LogP contribution in [-0.4, -0.2) is 24.1 Å². The molecule has 0 aliphatic heterocycles. The highest BCUT2D eigenvalue weighted by Crippen LogP contribution is 2.05. The van der Waals surface area contributed by atoms with E-state index in [9.17, 15) is 8.42 Å². The zero-order chi connectivity index (χ0) is 9.90. The molecule has 1 aromatic heterocycles. The van der Waals surface area contributed by atoms with Gasteiger partial charge >= 0.3 is 0 Å². The van der Waals surface area contributed by atoms with Crippen LogP contribution in [0, 0.1) is 0 Å². The third-order valence-electron chi connectivity index (χ3n) is 1.26. The molecule has 0 aliphatic rings. The van der Waals surface area contributed by atoms with Crippen LogP contribution in [0.3, 0.4) is 0 Å². The number of nitrogens with zero attached hydrogens (tertiary/aromatic N) is 2. The van der Waals surface area contributed by atoms with E-state index < -0.39 is 9.05 Å². The van der Waals surface area contributed by atoms with Crippen molar-refractivity contribution >= 4 is 31.3 Å². The van der Waals surface area contributed by atoms with Gasteiger partial charge in [0.15, 0.2) is 0 Å². The highest BCUT2D eigenvalue weighted by atomic mass is 35.7. The van der Waals surface area contributed by atoms with Crippen molar-refractivity contribution in [3.05, 3.63) is 23.2 Å². The molecule has 13 heavy (non-hydrogen) atoms. The Morgan fingerprint density at radius 3 is 2.62 bits per heavy atom. The molecule has 0 bridgehead atoms. The Labute approximate surface area is 85.3 Å². The fourth-order valence-corrected chi connectivity index (χ4v) is 1.58. The minimum absolute atomic E-state index is 0.163. The monoisotopic (exact) mass is 240 g/mol. The van der Waals surface area contributed by atoms with Crippen molar-refractivity contribution < 1.29 is 8.42 Å². The van der Waals surface area contributed by atoms with Crippen LogP contribution < -0.4 is 0 Å². The highest BCUT2D eigenvalue weighted by molar-refractivity contribution is 8.13. The molecular weight excluding hydrogens is 235 g/mol. The van der Waals surface area contributed by atoms with Crippen LogP contribution in [0.25, 0.3) is 0 Å². The second-order valence-corrected chi connectivity index (χ2v) is 5.61. The summed E-state index contributed by atoms with van der Waals surface area (Å²) in [5.41, 5.74) is 0.511. The second kappa shape index (κ2) is 4.21. The van der Waals surface area contributed by atoms with Crippen molar-refractivity contribution in [2.24, 2.45) is 0 Å². The van der Waals surface area contributed by atoms with E-state index in [0.29, 0.717) is 5.69 Å². The van der Waals surface area contributed by atoms with Gasteiger partial charge in [-0.2, -0.15) is 0 Å². The fraction of sp³-hybridized carbons (Fsp3) is 0.333. The Kier molecular flexibility index (Phi) is 3.47. The largest absolute Gasteiger partial charge is 0.260 e. The van der Waals surface area contributed by atoms with Crippen molar-refractivity contribution in [3.63, 3.8) is 0 Å². The zero-order valence-electron chi connectivity index (χ0n) is 6.44. The number of hydrogen-bond acceptors (Lipinski definition) is 4. The predicted octanol–water partition coefficient (Wildman–Crippen LogP) is 1.24. The first-order valence-electron chi connectivity index (χ1n) is 3.36. The third-order valence-corrected chi connectivity index (χ3v) is 2.59. The summed E-state index contributed by atoms with van der Waals surface area (Å²) in [6, 6.07) is 0. The lowest BCUT2D eigenvalue weighted by molar-refractivity contribution is 0.608. The minimum atomic E-state index is -3.47. The molecular formula is C6H6Cl2N2O2S. The minimum Gasteiger partial charge on any atom is -0.260 e. The van der Waals surface area contributed by atoms with Crippen molar-refractivity contribution in [2.75, 3.05) is 5.75 Å². The summed E-state index contributed by atoms with van der Waals surface area (Å²) < 4.78 is 21.1. The lowest BCUT2D eigenvalue weighted by Gasteiger charge is -1.97. The van der Waals surface area contributed by atoms with Gasteiger partial charge in [-0.1, -0.05) is 11.6 Å². The first-order valence-corrected chi connectivity index (χ1v) is 6.22. The highest BCUT2D eigenvalue weighted by Gasteiger charge is 2.06. The average Bonchev–Trinajstić information content (AvgIpc) is 2.00. The normalized spacial score (nSPS) is 11.5. The van der Waals surface area contributed by atoms with E-state index in [2.05, 4.69) is 9.97 Å². The second-order valence-electron chi connectivity index (χ2n) is 2.33. The summed E-state index contributed by atoms with van der Waals surface area (Å²) >= 11 is 5.54. The van der Waals surface area contributed by atoms with Gasteiger partial charge in [-0.15, -0.1) is 0 Å². The molecule has 0 amide bonds. The van der Waals surface area contributed by atoms with Crippen molar-refractivity contribution in [2.45, 2.75) is 6.42 Å². The summed E-state index contributed by atoms with van der Waals surface area (Å²) in [6.07, 6.45) is 3.05. The molecule has 0 fully saturated rings. The van der Waals surface area contributed by atoms with Crippen LogP contribution in [0.15, 0.2) is 12.4 Å². The molecule has 0 unspecified atom stereocenters. The van der Waals surface area contributed by atoms with Crippen LogP contribution in [0.1, 0.15) is 5.69 Å². The molecule has 1 rings (SSSR count). The van der Waals surface area contributed by atoms with Gasteiger partial charge < -0.3 is 0 Å². The smallest absolute Gasteiger partial charge is 0.232 e. The van der Waals surface area contributed by atoms with E-state index in [1.807, 2.05) is 0 Å². The summed E-state index contributed by atoms with van der Waals surface area (Å²) in [4.78, 5) is 7.61. The molecule has 4 nitrogen and oxygen atoms in total. The summed E-state index contributed by atoms with van der Waals surface area (Å²) in [5, 5.41) is 0.240. The maximum Gasteiger partial charge on any atom is 0.232 e. The standard InChI is InChI=1S/C6H6Cl2N2O2S/c7-6-4-9-3-5(10-6)1-2-13(8,11)12/h3-4H,1-2H2. The molecule has 0 N–H and O–H groups in total. The zero-order valence-corrected chi connectivity index (χ0v) is 8.77. The Bertz CT molecular complexity index is 393. The van der Waals surface area contributed by atoms with Crippen molar-refractivity contribution in [1.82, 2.24) is 9.97 Å². The maximum atomic E-state index is 10.6. The first kappa shape index (κ1) is 10.7. The van der Waals surface area contributed by atoms with Gasteiger partial charge in [0, 0.05) is 23.3 Å². The van der Waals surface area contributed by atoms with Gasteiger partial charge in [0.1, 0.15) is 5.15 Å². The van der Waals surface area contributed by atoms with Gasteiger partial charge in [0.25, 0.3) is 0 Å².